The van der Waals surface area contributed by atoms with Crippen LogP contribution in [0.4, 0.5) is 5.69 Å². The SMILES string of the molecule is CC1CCC(CNCc2cccc([N+](=O)[O-])c2)C1. The highest BCUT2D eigenvalue weighted by Gasteiger charge is 2.20. The summed E-state index contributed by atoms with van der Waals surface area (Å²) >= 11 is 0. The van der Waals surface area contributed by atoms with Crippen molar-refractivity contribution in [3.63, 3.8) is 0 Å². The van der Waals surface area contributed by atoms with Crippen LogP contribution in [0.25, 0.3) is 0 Å². The van der Waals surface area contributed by atoms with Gasteiger partial charge in [-0.25, -0.2) is 0 Å². The molecular formula is C14H20N2O2. The van der Waals surface area contributed by atoms with Crippen LogP contribution in [0.3, 0.4) is 0 Å². The van der Waals surface area contributed by atoms with E-state index in [1.807, 2.05) is 6.07 Å². The van der Waals surface area contributed by atoms with E-state index >= 15 is 0 Å². The number of hydrogen-bond donors (Lipinski definition) is 1. The summed E-state index contributed by atoms with van der Waals surface area (Å²) in [7, 11) is 0. The minimum atomic E-state index is -0.345. The van der Waals surface area contributed by atoms with E-state index in [1.54, 1.807) is 12.1 Å². The fourth-order valence-electron chi connectivity index (χ4n) is 2.71. The highest BCUT2D eigenvalue weighted by molar-refractivity contribution is 5.34. The van der Waals surface area contributed by atoms with Crippen molar-refractivity contribution in [3.8, 4) is 0 Å². The maximum absolute atomic E-state index is 10.7. The van der Waals surface area contributed by atoms with Crippen molar-refractivity contribution in [3.05, 3.63) is 39.9 Å². The molecule has 4 heteroatoms. The zero-order chi connectivity index (χ0) is 13.0. The Morgan fingerprint density at radius 2 is 2.28 bits per heavy atom. The first kappa shape index (κ1) is 13.0. The standard InChI is InChI=1S/C14H20N2O2/c1-11-5-6-13(7-11)10-15-9-12-3-2-4-14(8-12)16(17)18/h2-4,8,11,13,15H,5-7,9-10H2,1H3. The van der Waals surface area contributed by atoms with Gasteiger partial charge in [-0.3, -0.25) is 10.1 Å². The third-order valence-corrected chi connectivity index (χ3v) is 3.69. The quantitative estimate of drug-likeness (QED) is 0.643. The molecule has 1 aliphatic carbocycles. The van der Waals surface area contributed by atoms with Crippen LogP contribution >= 0.6 is 0 Å². The third kappa shape index (κ3) is 3.53. The highest BCUT2D eigenvalue weighted by atomic mass is 16.6. The molecular weight excluding hydrogens is 228 g/mol. The summed E-state index contributed by atoms with van der Waals surface area (Å²) in [6.07, 6.45) is 3.95. The molecule has 0 aliphatic heterocycles. The molecule has 0 aromatic heterocycles. The van der Waals surface area contributed by atoms with Gasteiger partial charge in [-0.15, -0.1) is 0 Å². The van der Waals surface area contributed by atoms with E-state index in [0.29, 0.717) is 6.54 Å². The molecule has 98 valence electrons. The summed E-state index contributed by atoms with van der Waals surface area (Å²) in [5, 5.41) is 14.1. The Morgan fingerprint density at radius 1 is 1.44 bits per heavy atom. The molecule has 0 radical (unpaired) electrons. The molecule has 1 aromatic rings. The fraction of sp³-hybridized carbons (Fsp3) is 0.571. The molecule has 1 N–H and O–H groups in total. The molecule has 1 aliphatic rings. The van der Waals surface area contributed by atoms with Gasteiger partial charge >= 0.3 is 0 Å². The molecule has 2 unspecified atom stereocenters. The Bertz CT molecular complexity index is 420. The van der Waals surface area contributed by atoms with Crippen LogP contribution in [-0.2, 0) is 6.54 Å². The predicted molar refractivity (Wildman–Crippen MR) is 71.3 cm³/mol. The van der Waals surface area contributed by atoms with Gasteiger partial charge in [0.05, 0.1) is 4.92 Å². The summed E-state index contributed by atoms with van der Waals surface area (Å²) in [6, 6.07) is 6.84. The maximum Gasteiger partial charge on any atom is 0.269 e. The average Bonchev–Trinajstić information content (AvgIpc) is 2.75. The summed E-state index contributed by atoms with van der Waals surface area (Å²) in [6.45, 7) is 4.04. The third-order valence-electron chi connectivity index (χ3n) is 3.69. The van der Waals surface area contributed by atoms with Gasteiger partial charge in [-0.1, -0.05) is 25.5 Å². The number of nitrogens with one attached hydrogen (secondary N) is 1. The second-order valence-corrected chi connectivity index (χ2v) is 5.34. The van der Waals surface area contributed by atoms with E-state index < -0.39 is 0 Å². The van der Waals surface area contributed by atoms with Crippen molar-refractivity contribution in [2.75, 3.05) is 6.54 Å². The van der Waals surface area contributed by atoms with Crippen molar-refractivity contribution in [2.45, 2.75) is 32.7 Å². The van der Waals surface area contributed by atoms with Crippen LogP contribution in [0.1, 0.15) is 31.7 Å². The van der Waals surface area contributed by atoms with E-state index in [1.165, 1.54) is 25.3 Å². The van der Waals surface area contributed by atoms with Gasteiger partial charge in [-0.05, 0) is 36.8 Å². The van der Waals surface area contributed by atoms with E-state index in [0.717, 1.165) is 23.9 Å². The molecule has 1 aromatic carbocycles. The van der Waals surface area contributed by atoms with Crippen molar-refractivity contribution < 1.29 is 4.92 Å². The number of benzene rings is 1. The van der Waals surface area contributed by atoms with Gasteiger partial charge in [0.1, 0.15) is 0 Å². The lowest BCUT2D eigenvalue weighted by atomic mass is 10.1. The maximum atomic E-state index is 10.7. The van der Waals surface area contributed by atoms with Crippen LogP contribution in [0, 0.1) is 22.0 Å². The van der Waals surface area contributed by atoms with E-state index in [2.05, 4.69) is 12.2 Å². The van der Waals surface area contributed by atoms with Gasteiger partial charge in [0, 0.05) is 18.7 Å². The number of nitro groups is 1. The molecule has 1 fully saturated rings. The minimum absolute atomic E-state index is 0.170. The first-order valence-corrected chi connectivity index (χ1v) is 6.59. The summed E-state index contributed by atoms with van der Waals surface area (Å²) in [5.74, 6) is 1.63. The average molecular weight is 248 g/mol. The molecule has 2 atom stereocenters. The van der Waals surface area contributed by atoms with Crippen LogP contribution in [0.2, 0.25) is 0 Å². The predicted octanol–water partition coefficient (Wildman–Crippen LogP) is 3.12. The summed E-state index contributed by atoms with van der Waals surface area (Å²) in [4.78, 5) is 10.3. The Labute approximate surface area is 108 Å². The van der Waals surface area contributed by atoms with Crippen molar-refractivity contribution in [2.24, 2.45) is 11.8 Å². The number of nitrogens with zero attached hydrogens (tertiary/aromatic N) is 1. The molecule has 4 nitrogen and oxygen atoms in total. The van der Waals surface area contributed by atoms with Gasteiger partial charge < -0.3 is 5.32 Å². The number of nitro benzene ring substituents is 1. The zero-order valence-corrected chi connectivity index (χ0v) is 10.8. The van der Waals surface area contributed by atoms with Gasteiger partial charge in [0.2, 0.25) is 0 Å². The largest absolute Gasteiger partial charge is 0.312 e. The van der Waals surface area contributed by atoms with Crippen LogP contribution in [-0.4, -0.2) is 11.5 Å². The Balaban J connectivity index is 1.79. The van der Waals surface area contributed by atoms with Crippen LogP contribution < -0.4 is 5.32 Å². The Morgan fingerprint density at radius 3 is 2.94 bits per heavy atom. The fourth-order valence-corrected chi connectivity index (χ4v) is 2.71. The van der Waals surface area contributed by atoms with Gasteiger partial charge in [0.25, 0.3) is 5.69 Å². The van der Waals surface area contributed by atoms with Crippen LogP contribution in [0.5, 0.6) is 0 Å². The number of rotatable bonds is 5. The van der Waals surface area contributed by atoms with Crippen LogP contribution in [0.15, 0.2) is 24.3 Å². The first-order valence-electron chi connectivity index (χ1n) is 6.59. The highest BCUT2D eigenvalue weighted by Crippen LogP contribution is 2.29. The molecule has 0 saturated heterocycles. The normalized spacial score (nSPS) is 23.2. The molecule has 0 amide bonds. The first-order chi connectivity index (χ1) is 8.65. The minimum Gasteiger partial charge on any atom is -0.312 e. The van der Waals surface area contributed by atoms with Crippen molar-refractivity contribution in [1.29, 1.82) is 0 Å². The van der Waals surface area contributed by atoms with E-state index in [-0.39, 0.29) is 10.6 Å². The monoisotopic (exact) mass is 248 g/mol. The Kier molecular flexibility index (Phi) is 4.31. The molecule has 0 heterocycles. The lowest BCUT2D eigenvalue weighted by Gasteiger charge is -2.11. The van der Waals surface area contributed by atoms with Gasteiger partial charge in [0.15, 0.2) is 0 Å². The number of hydrogen-bond acceptors (Lipinski definition) is 3. The smallest absolute Gasteiger partial charge is 0.269 e. The zero-order valence-electron chi connectivity index (χ0n) is 10.8. The molecule has 0 bridgehead atoms. The van der Waals surface area contributed by atoms with E-state index in [9.17, 15) is 10.1 Å². The molecule has 0 spiro atoms. The van der Waals surface area contributed by atoms with Gasteiger partial charge in [-0.2, -0.15) is 0 Å². The lowest BCUT2D eigenvalue weighted by Crippen LogP contribution is -2.20. The summed E-state index contributed by atoms with van der Waals surface area (Å²) in [5.41, 5.74) is 1.15. The second kappa shape index (κ2) is 5.96. The van der Waals surface area contributed by atoms with E-state index in [4.69, 9.17) is 0 Å². The number of non-ortho nitro benzene ring substituents is 1. The molecule has 18 heavy (non-hydrogen) atoms. The molecule has 1 saturated carbocycles. The topological polar surface area (TPSA) is 55.2 Å². The second-order valence-electron chi connectivity index (χ2n) is 5.34. The molecule has 2 rings (SSSR count). The summed E-state index contributed by atoms with van der Waals surface area (Å²) < 4.78 is 0. The lowest BCUT2D eigenvalue weighted by molar-refractivity contribution is -0.384. The van der Waals surface area contributed by atoms with Crippen molar-refractivity contribution in [1.82, 2.24) is 5.32 Å². The Hall–Kier alpha value is -1.42. The van der Waals surface area contributed by atoms with Crippen molar-refractivity contribution >= 4 is 5.69 Å².